The van der Waals surface area contributed by atoms with Crippen molar-refractivity contribution in [3.8, 4) is 5.88 Å². The van der Waals surface area contributed by atoms with E-state index in [1.807, 2.05) is 0 Å². The average molecular weight is 290 g/mol. The van der Waals surface area contributed by atoms with Gasteiger partial charge >= 0.3 is 12.5 Å². The number of nitrogens with two attached hydrogens (primary N) is 1. The van der Waals surface area contributed by atoms with E-state index in [1.165, 1.54) is 0 Å². The molecule has 10 heteroatoms. The van der Waals surface area contributed by atoms with Crippen LogP contribution in [0.1, 0.15) is 16.8 Å². The summed E-state index contributed by atoms with van der Waals surface area (Å²) in [5.41, 5.74) is 2.04. The third-order valence-corrected chi connectivity index (χ3v) is 2.02. The highest BCUT2D eigenvalue weighted by atomic mass is 19.4. The lowest BCUT2D eigenvalue weighted by Crippen LogP contribution is -2.21. The number of nitrogens with zero attached hydrogens (tertiary/aromatic N) is 1. The first-order chi connectivity index (χ1) is 8.58. The summed E-state index contributed by atoms with van der Waals surface area (Å²) in [5, 5.41) is 8.82. The first kappa shape index (κ1) is 15.5. The molecule has 0 fully saturated rings. The van der Waals surface area contributed by atoms with E-state index >= 15 is 0 Å². The molecule has 1 aromatic heterocycles. The standard InChI is InChI=1S/C9H8F6N2O2/c10-8(11,12)7-4(3-18)1-6(17-5(7)2-16)19-9(13,14)15/h1,18H,2-3,16H2. The first-order valence-corrected chi connectivity index (χ1v) is 4.75. The Labute approximate surface area is 102 Å². The Balaban J connectivity index is 3.37. The van der Waals surface area contributed by atoms with Crippen molar-refractivity contribution in [3.63, 3.8) is 0 Å². The van der Waals surface area contributed by atoms with Gasteiger partial charge in [-0.3, -0.25) is 0 Å². The summed E-state index contributed by atoms with van der Waals surface area (Å²) in [5.74, 6) is -1.11. The molecule has 0 aliphatic rings. The maximum atomic E-state index is 12.7. The van der Waals surface area contributed by atoms with E-state index in [0.717, 1.165) is 0 Å². The summed E-state index contributed by atoms with van der Waals surface area (Å²) < 4.78 is 77.4. The van der Waals surface area contributed by atoms with Gasteiger partial charge in [-0.25, -0.2) is 4.98 Å². The van der Waals surface area contributed by atoms with Crippen LogP contribution in [0.2, 0.25) is 0 Å². The minimum Gasteiger partial charge on any atom is -0.392 e. The third kappa shape index (κ3) is 3.96. The van der Waals surface area contributed by atoms with Gasteiger partial charge in [0.05, 0.1) is 17.9 Å². The lowest BCUT2D eigenvalue weighted by atomic mass is 10.1. The molecule has 0 aliphatic heterocycles. The molecule has 0 amide bonds. The largest absolute Gasteiger partial charge is 0.574 e. The van der Waals surface area contributed by atoms with Crippen LogP contribution in [0.4, 0.5) is 26.3 Å². The van der Waals surface area contributed by atoms with Gasteiger partial charge in [0.15, 0.2) is 0 Å². The van der Waals surface area contributed by atoms with E-state index in [0.29, 0.717) is 6.07 Å². The Morgan fingerprint density at radius 3 is 2.16 bits per heavy atom. The maximum Gasteiger partial charge on any atom is 0.574 e. The van der Waals surface area contributed by atoms with Crippen LogP contribution in [0.5, 0.6) is 5.88 Å². The van der Waals surface area contributed by atoms with Crippen molar-refractivity contribution in [2.75, 3.05) is 0 Å². The topological polar surface area (TPSA) is 68.4 Å². The Kier molecular flexibility index (Phi) is 4.25. The molecular formula is C9H8F6N2O2. The number of ether oxygens (including phenoxy) is 1. The molecule has 0 radical (unpaired) electrons. The fraction of sp³-hybridized carbons (Fsp3) is 0.444. The number of aromatic nitrogens is 1. The average Bonchev–Trinajstić information content (AvgIpc) is 2.23. The van der Waals surface area contributed by atoms with Crippen LogP contribution in [0.3, 0.4) is 0 Å². The molecule has 0 atom stereocenters. The summed E-state index contributed by atoms with van der Waals surface area (Å²) in [6.45, 7) is -1.88. The normalized spacial score (nSPS) is 12.6. The predicted molar refractivity (Wildman–Crippen MR) is 49.7 cm³/mol. The number of aliphatic hydroxyl groups is 1. The number of pyridine rings is 1. The zero-order chi connectivity index (χ0) is 14.8. The van der Waals surface area contributed by atoms with Crippen LogP contribution in [0.15, 0.2) is 6.07 Å². The highest BCUT2D eigenvalue weighted by molar-refractivity contribution is 5.37. The number of hydrogen-bond donors (Lipinski definition) is 2. The molecule has 0 saturated heterocycles. The van der Waals surface area contributed by atoms with Crippen LogP contribution in [0, 0.1) is 0 Å². The fourth-order valence-electron chi connectivity index (χ4n) is 1.42. The first-order valence-electron chi connectivity index (χ1n) is 4.75. The van der Waals surface area contributed by atoms with Gasteiger partial charge in [-0.2, -0.15) is 13.2 Å². The molecule has 19 heavy (non-hydrogen) atoms. The van der Waals surface area contributed by atoms with E-state index < -0.39 is 48.4 Å². The van der Waals surface area contributed by atoms with Gasteiger partial charge in [0.1, 0.15) is 0 Å². The number of aliphatic hydroxyl groups excluding tert-OH is 1. The van der Waals surface area contributed by atoms with Gasteiger partial charge in [0, 0.05) is 12.6 Å². The van der Waals surface area contributed by atoms with Crippen LogP contribution in [-0.4, -0.2) is 16.5 Å². The van der Waals surface area contributed by atoms with E-state index in [1.54, 1.807) is 0 Å². The molecule has 0 saturated carbocycles. The van der Waals surface area contributed by atoms with Crippen molar-refractivity contribution in [2.24, 2.45) is 5.73 Å². The molecule has 108 valence electrons. The summed E-state index contributed by atoms with van der Waals surface area (Å²) in [6.07, 6.45) is -10.00. The lowest BCUT2D eigenvalue weighted by molar-refractivity contribution is -0.276. The molecule has 1 heterocycles. The van der Waals surface area contributed by atoms with E-state index in [9.17, 15) is 26.3 Å². The Bertz CT molecular complexity index is 432. The number of halogens is 6. The minimum absolute atomic E-state index is 0.371. The monoisotopic (exact) mass is 290 g/mol. The van der Waals surface area contributed by atoms with Crippen molar-refractivity contribution >= 4 is 0 Å². The summed E-state index contributed by atoms with van der Waals surface area (Å²) in [4.78, 5) is 3.05. The van der Waals surface area contributed by atoms with Gasteiger partial charge in [0.25, 0.3) is 0 Å². The second kappa shape index (κ2) is 5.21. The van der Waals surface area contributed by atoms with Gasteiger partial charge < -0.3 is 15.6 Å². The molecule has 0 aromatic carbocycles. The van der Waals surface area contributed by atoms with Gasteiger partial charge in [0.2, 0.25) is 5.88 Å². The van der Waals surface area contributed by atoms with Gasteiger partial charge in [-0.1, -0.05) is 0 Å². The van der Waals surface area contributed by atoms with Crippen molar-refractivity contribution < 1.29 is 36.2 Å². The van der Waals surface area contributed by atoms with Gasteiger partial charge in [-0.15, -0.1) is 13.2 Å². The molecule has 4 nitrogen and oxygen atoms in total. The zero-order valence-corrected chi connectivity index (χ0v) is 9.14. The van der Waals surface area contributed by atoms with Gasteiger partial charge in [-0.05, 0) is 5.56 Å². The molecule has 3 N–H and O–H groups in total. The summed E-state index contributed by atoms with van der Waals surface area (Å²) in [6, 6.07) is 0.371. The second-order valence-corrected chi connectivity index (χ2v) is 3.35. The molecule has 0 aliphatic carbocycles. The molecule has 0 spiro atoms. The van der Waals surface area contributed by atoms with Crippen molar-refractivity contribution in [3.05, 3.63) is 22.9 Å². The molecule has 0 bridgehead atoms. The quantitative estimate of drug-likeness (QED) is 0.835. The van der Waals surface area contributed by atoms with E-state index in [4.69, 9.17) is 10.8 Å². The number of rotatable bonds is 3. The summed E-state index contributed by atoms with van der Waals surface area (Å²) in [7, 11) is 0. The van der Waals surface area contributed by atoms with Crippen molar-refractivity contribution in [1.29, 1.82) is 0 Å². The molecule has 1 rings (SSSR count). The SMILES string of the molecule is NCc1nc(OC(F)(F)F)cc(CO)c1C(F)(F)F. The highest BCUT2D eigenvalue weighted by Gasteiger charge is 2.38. The highest BCUT2D eigenvalue weighted by Crippen LogP contribution is 2.36. The molecule has 1 aromatic rings. The predicted octanol–water partition coefficient (Wildman–Crippen LogP) is 1.95. The molecular weight excluding hydrogens is 282 g/mol. The maximum absolute atomic E-state index is 12.7. The lowest BCUT2D eigenvalue weighted by Gasteiger charge is -2.17. The minimum atomic E-state index is -5.11. The Morgan fingerprint density at radius 1 is 1.21 bits per heavy atom. The zero-order valence-electron chi connectivity index (χ0n) is 9.14. The van der Waals surface area contributed by atoms with E-state index in [2.05, 4.69) is 9.72 Å². The fourth-order valence-corrected chi connectivity index (χ4v) is 1.42. The smallest absolute Gasteiger partial charge is 0.392 e. The van der Waals surface area contributed by atoms with Crippen molar-refractivity contribution in [2.45, 2.75) is 25.7 Å². The second-order valence-electron chi connectivity index (χ2n) is 3.35. The van der Waals surface area contributed by atoms with Crippen LogP contribution >= 0.6 is 0 Å². The van der Waals surface area contributed by atoms with E-state index in [-0.39, 0.29) is 0 Å². The summed E-state index contributed by atoms with van der Waals surface area (Å²) >= 11 is 0. The van der Waals surface area contributed by atoms with Crippen molar-refractivity contribution in [1.82, 2.24) is 4.98 Å². The number of hydrogen-bond acceptors (Lipinski definition) is 4. The van der Waals surface area contributed by atoms with Crippen LogP contribution in [-0.2, 0) is 19.3 Å². The Morgan fingerprint density at radius 2 is 1.79 bits per heavy atom. The van der Waals surface area contributed by atoms with Crippen LogP contribution < -0.4 is 10.5 Å². The third-order valence-electron chi connectivity index (χ3n) is 2.02. The number of alkyl halides is 6. The molecule has 0 unspecified atom stereocenters. The Hall–Kier alpha value is -1.55. The van der Waals surface area contributed by atoms with Crippen LogP contribution in [0.25, 0.3) is 0 Å².